The molecule has 4 heteroatoms. The van der Waals surface area contributed by atoms with Gasteiger partial charge in [0.15, 0.2) is 0 Å². The van der Waals surface area contributed by atoms with Crippen LogP contribution in [0.2, 0.25) is 0 Å². The highest BCUT2D eigenvalue weighted by Crippen LogP contribution is 2.06. The Kier molecular flexibility index (Phi) is 10.1. The van der Waals surface area contributed by atoms with Crippen molar-refractivity contribution in [3.05, 3.63) is 0 Å². The first-order valence-electron chi connectivity index (χ1n) is 4.22. The molecule has 0 radical (unpaired) electrons. The molecule has 0 amide bonds. The van der Waals surface area contributed by atoms with Crippen molar-refractivity contribution in [2.24, 2.45) is 0 Å². The topological polar surface area (TPSA) is 15.3 Å². The van der Waals surface area contributed by atoms with Crippen LogP contribution in [0.15, 0.2) is 0 Å². The quantitative estimate of drug-likeness (QED) is 0.768. The number of hydrogen-bond donors (Lipinski definition) is 1. The summed E-state index contributed by atoms with van der Waals surface area (Å²) in [4.78, 5) is 2.53. The number of likely N-dealkylation sites (N-methyl/N-ethyl adjacent to an activating group) is 1. The second kappa shape index (κ2) is 8.11. The van der Waals surface area contributed by atoms with Gasteiger partial charge in [-0.2, -0.15) is 0 Å². The second-order valence-electron chi connectivity index (χ2n) is 3.20. The summed E-state index contributed by atoms with van der Waals surface area (Å²) in [6.45, 7) is 6.08. The van der Waals surface area contributed by atoms with Crippen LogP contribution in [0, 0.1) is 0 Å². The molecular formula is C8H20Cl2N2. The Morgan fingerprint density at radius 2 is 1.75 bits per heavy atom. The molecule has 1 aliphatic heterocycles. The third-order valence-electron chi connectivity index (χ3n) is 2.22. The molecule has 1 atom stereocenters. The van der Waals surface area contributed by atoms with Crippen molar-refractivity contribution in [3.63, 3.8) is 0 Å². The first kappa shape index (κ1) is 15.0. The Balaban J connectivity index is 0. The molecule has 1 fully saturated rings. The summed E-state index contributed by atoms with van der Waals surface area (Å²) < 4.78 is 0. The summed E-state index contributed by atoms with van der Waals surface area (Å²) in [6, 6.07) is 0.651. The van der Waals surface area contributed by atoms with Crippen LogP contribution in [0.5, 0.6) is 0 Å². The van der Waals surface area contributed by atoms with Crippen LogP contribution < -0.4 is 5.32 Å². The van der Waals surface area contributed by atoms with Crippen LogP contribution in [0.25, 0.3) is 0 Å². The van der Waals surface area contributed by atoms with E-state index in [1.165, 1.54) is 32.5 Å². The van der Waals surface area contributed by atoms with Crippen molar-refractivity contribution < 1.29 is 0 Å². The van der Waals surface area contributed by atoms with Gasteiger partial charge < -0.3 is 10.2 Å². The molecule has 0 aromatic rings. The SMILES string of the molecule is CNC(C)CN1CCCC1.Cl.Cl. The Morgan fingerprint density at radius 1 is 1.25 bits per heavy atom. The van der Waals surface area contributed by atoms with Crippen molar-refractivity contribution in [1.82, 2.24) is 10.2 Å². The fourth-order valence-electron chi connectivity index (χ4n) is 1.44. The lowest BCUT2D eigenvalue weighted by atomic mass is 10.3. The standard InChI is InChI=1S/C8H18N2.2ClH/c1-8(9-2)7-10-5-3-4-6-10;;/h8-9H,3-7H2,1-2H3;2*1H. The van der Waals surface area contributed by atoms with Crippen molar-refractivity contribution in [1.29, 1.82) is 0 Å². The van der Waals surface area contributed by atoms with E-state index >= 15 is 0 Å². The molecule has 0 aliphatic carbocycles. The normalized spacial score (nSPS) is 19.5. The van der Waals surface area contributed by atoms with E-state index in [0.29, 0.717) is 6.04 Å². The van der Waals surface area contributed by atoms with Gasteiger partial charge in [-0.25, -0.2) is 0 Å². The number of nitrogens with zero attached hydrogens (tertiary/aromatic N) is 1. The van der Waals surface area contributed by atoms with Gasteiger partial charge in [0, 0.05) is 12.6 Å². The van der Waals surface area contributed by atoms with Gasteiger partial charge in [0.1, 0.15) is 0 Å². The van der Waals surface area contributed by atoms with Crippen molar-refractivity contribution >= 4 is 24.8 Å². The molecule has 1 heterocycles. The maximum absolute atomic E-state index is 3.25. The van der Waals surface area contributed by atoms with Crippen LogP contribution in [-0.4, -0.2) is 37.6 Å². The van der Waals surface area contributed by atoms with Gasteiger partial charge in [-0.1, -0.05) is 0 Å². The van der Waals surface area contributed by atoms with E-state index in [9.17, 15) is 0 Å². The smallest absolute Gasteiger partial charge is 0.0163 e. The molecule has 1 aliphatic rings. The zero-order chi connectivity index (χ0) is 7.40. The number of hydrogen-bond acceptors (Lipinski definition) is 2. The van der Waals surface area contributed by atoms with Crippen LogP contribution in [0.4, 0.5) is 0 Å². The van der Waals surface area contributed by atoms with Crippen molar-refractivity contribution in [3.8, 4) is 0 Å². The van der Waals surface area contributed by atoms with Gasteiger partial charge in [-0.3, -0.25) is 0 Å². The predicted octanol–water partition coefficient (Wildman–Crippen LogP) is 1.53. The summed E-state index contributed by atoms with van der Waals surface area (Å²) >= 11 is 0. The minimum atomic E-state index is 0. The molecule has 2 nitrogen and oxygen atoms in total. The Bertz CT molecular complexity index is 95.1. The lowest BCUT2D eigenvalue weighted by Gasteiger charge is -2.19. The van der Waals surface area contributed by atoms with Gasteiger partial charge in [0.05, 0.1) is 0 Å². The second-order valence-corrected chi connectivity index (χ2v) is 3.20. The molecule has 0 aromatic carbocycles. The number of rotatable bonds is 3. The van der Waals surface area contributed by atoms with Crippen molar-refractivity contribution in [2.45, 2.75) is 25.8 Å². The Hall–Kier alpha value is 0.500. The van der Waals surface area contributed by atoms with Gasteiger partial charge >= 0.3 is 0 Å². The maximum Gasteiger partial charge on any atom is 0.0163 e. The van der Waals surface area contributed by atoms with E-state index in [1.807, 2.05) is 7.05 Å². The molecule has 0 saturated carbocycles. The predicted molar refractivity (Wildman–Crippen MR) is 58.7 cm³/mol. The van der Waals surface area contributed by atoms with E-state index in [-0.39, 0.29) is 24.8 Å². The number of halogens is 2. The van der Waals surface area contributed by atoms with Gasteiger partial charge in [-0.15, -0.1) is 24.8 Å². The third kappa shape index (κ3) is 5.20. The monoisotopic (exact) mass is 214 g/mol. The first-order chi connectivity index (χ1) is 4.83. The van der Waals surface area contributed by atoms with E-state index < -0.39 is 0 Å². The summed E-state index contributed by atoms with van der Waals surface area (Å²) in [5.41, 5.74) is 0. The number of likely N-dealkylation sites (tertiary alicyclic amines) is 1. The minimum Gasteiger partial charge on any atom is -0.316 e. The van der Waals surface area contributed by atoms with E-state index in [1.54, 1.807) is 0 Å². The number of nitrogens with one attached hydrogen (secondary N) is 1. The molecule has 0 bridgehead atoms. The van der Waals surface area contributed by atoms with Crippen LogP contribution >= 0.6 is 24.8 Å². The highest BCUT2D eigenvalue weighted by atomic mass is 35.5. The third-order valence-corrected chi connectivity index (χ3v) is 2.22. The zero-order valence-corrected chi connectivity index (χ0v) is 9.51. The molecule has 76 valence electrons. The fourth-order valence-corrected chi connectivity index (χ4v) is 1.44. The molecule has 1 rings (SSSR count). The zero-order valence-electron chi connectivity index (χ0n) is 7.88. The van der Waals surface area contributed by atoms with E-state index in [4.69, 9.17) is 0 Å². The van der Waals surface area contributed by atoms with Crippen molar-refractivity contribution in [2.75, 3.05) is 26.7 Å². The largest absolute Gasteiger partial charge is 0.316 e. The Labute approximate surface area is 87.9 Å². The lowest BCUT2D eigenvalue weighted by Crippen LogP contribution is -2.35. The van der Waals surface area contributed by atoms with Crippen LogP contribution in [0.3, 0.4) is 0 Å². The highest BCUT2D eigenvalue weighted by Gasteiger charge is 2.12. The van der Waals surface area contributed by atoms with Crippen LogP contribution in [0.1, 0.15) is 19.8 Å². The fraction of sp³-hybridized carbons (Fsp3) is 1.00. The van der Waals surface area contributed by atoms with E-state index in [2.05, 4.69) is 17.1 Å². The summed E-state index contributed by atoms with van der Waals surface area (Å²) in [7, 11) is 2.03. The molecule has 12 heavy (non-hydrogen) atoms. The molecule has 0 aromatic heterocycles. The molecule has 0 spiro atoms. The summed E-state index contributed by atoms with van der Waals surface area (Å²) in [6.07, 6.45) is 2.80. The average Bonchev–Trinajstić information content (AvgIpc) is 2.40. The molecule has 1 saturated heterocycles. The maximum atomic E-state index is 3.25. The highest BCUT2D eigenvalue weighted by molar-refractivity contribution is 5.85. The molecule has 1 N–H and O–H groups in total. The lowest BCUT2D eigenvalue weighted by molar-refractivity contribution is 0.305. The molecular weight excluding hydrogens is 195 g/mol. The van der Waals surface area contributed by atoms with Gasteiger partial charge in [-0.05, 0) is 39.9 Å². The molecule has 1 unspecified atom stereocenters. The van der Waals surface area contributed by atoms with Gasteiger partial charge in [0.25, 0.3) is 0 Å². The first-order valence-corrected chi connectivity index (χ1v) is 4.22. The van der Waals surface area contributed by atoms with Gasteiger partial charge in [0.2, 0.25) is 0 Å². The Morgan fingerprint density at radius 3 is 2.17 bits per heavy atom. The summed E-state index contributed by atoms with van der Waals surface area (Å²) in [5.74, 6) is 0. The summed E-state index contributed by atoms with van der Waals surface area (Å²) in [5, 5.41) is 3.25. The van der Waals surface area contributed by atoms with E-state index in [0.717, 1.165) is 0 Å². The average molecular weight is 215 g/mol. The van der Waals surface area contributed by atoms with Crippen LogP contribution in [-0.2, 0) is 0 Å². The minimum absolute atomic E-state index is 0.